The molecule has 1 heterocycles. The van der Waals surface area contributed by atoms with Gasteiger partial charge in [-0.25, -0.2) is 4.98 Å². The van der Waals surface area contributed by atoms with Gasteiger partial charge in [-0.2, -0.15) is 0 Å². The molecule has 0 amide bonds. The van der Waals surface area contributed by atoms with Crippen LogP contribution in [0.3, 0.4) is 0 Å². The van der Waals surface area contributed by atoms with Gasteiger partial charge in [-0.15, -0.1) is 0 Å². The zero-order valence-electron chi connectivity index (χ0n) is 19.1. The molecule has 1 aromatic heterocycles. The fourth-order valence-corrected chi connectivity index (χ4v) is 6.19. The number of carbonyl (C=O) groups excluding carboxylic acids is 1. The summed E-state index contributed by atoms with van der Waals surface area (Å²) < 4.78 is 1.82. The van der Waals surface area contributed by atoms with Gasteiger partial charge in [0, 0.05) is 24.8 Å². The molecule has 180 valence electrons. The smallest absolute Gasteiger partial charge is 0.308 e. The number of fused-ring (bicyclic) bond motifs is 1. The summed E-state index contributed by atoms with van der Waals surface area (Å²) in [6.45, 7) is 2.44. The molecule has 2 aromatic carbocycles. The number of aryl methyl sites for hydroxylation is 1. The van der Waals surface area contributed by atoms with E-state index >= 15 is 0 Å². The van der Waals surface area contributed by atoms with Gasteiger partial charge in [-0.05, 0) is 34.2 Å². The Kier molecular flexibility index (Phi) is 5.97. The fraction of sp³-hybridized carbons (Fsp3) is 0.333. The van der Waals surface area contributed by atoms with Crippen LogP contribution in [0.15, 0.2) is 42.5 Å². The Morgan fingerprint density at radius 1 is 1.00 bits per heavy atom. The highest BCUT2D eigenvalue weighted by Crippen LogP contribution is 2.58. The molecular formula is C27H25ClN2O5. The fourth-order valence-electron chi connectivity index (χ4n) is 5.95. The van der Waals surface area contributed by atoms with Crippen LogP contribution in [-0.2, 0) is 22.6 Å². The maximum absolute atomic E-state index is 12.4. The molecule has 0 aliphatic heterocycles. The van der Waals surface area contributed by atoms with Crippen molar-refractivity contribution in [3.05, 3.63) is 87.0 Å². The second kappa shape index (κ2) is 8.96. The average Bonchev–Trinajstić information content (AvgIpc) is 3.15. The van der Waals surface area contributed by atoms with Crippen molar-refractivity contribution in [3.8, 4) is 0 Å². The second-order valence-electron chi connectivity index (χ2n) is 9.29. The van der Waals surface area contributed by atoms with Crippen molar-refractivity contribution in [2.75, 3.05) is 0 Å². The van der Waals surface area contributed by atoms with Crippen molar-refractivity contribution in [1.29, 1.82) is 0 Å². The third-order valence-corrected chi connectivity index (χ3v) is 7.69. The number of halogens is 1. The average molecular weight is 493 g/mol. The monoisotopic (exact) mass is 492 g/mol. The van der Waals surface area contributed by atoms with Crippen molar-refractivity contribution in [2.45, 2.75) is 44.6 Å². The first-order valence-electron chi connectivity index (χ1n) is 11.7. The van der Waals surface area contributed by atoms with Crippen LogP contribution in [0.2, 0.25) is 5.15 Å². The molecule has 0 spiro atoms. The molecule has 3 aliphatic rings. The normalized spacial score (nSPS) is 21.9. The minimum atomic E-state index is -1.11. The predicted molar refractivity (Wildman–Crippen MR) is 129 cm³/mol. The number of unbranched alkanes of at least 4 members (excludes halogenated alkanes) is 1. The van der Waals surface area contributed by atoms with Gasteiger partial charge in [0.2, 0.25) is 0 Å². The number of aromatic nitrogens is 2. The summed E-state index contributed by atoms with van der Waals surface area (Å²) in [6, 6.07) is 13.3. The Morgan fingerprint density at radius 2 is 1.60 bits per heavy atom. The third-order valence-electron chi connectivity index (χ3n) is 7.41. The third kappa shape index (κ3) is 3.65. The molecule has 0 radical (unpaired) electrons. The number of nitrogens with zero attached hydrogens (tertiary/aromatic N) is 2. The van der Waals surface area contributed by atoms with E-state index in [1.807, 2.05) is 47.0 Å². The van der Waals surface area contributed by atoms with E-state index in [0.717, 1.165) is 46.5 Å². The largest absolute Gasteiger partial charge is 0.481 e. The van der Waals surface area contributed by atoms with Crippen molar-refractivity contribution in [2.24, 2.45) is 11.8 Å². The number of imidazole rings is 1. The summed E-state index contributed by atoms with van der Waals surface area (Å²) in [4.78, 5) is 40.8. The standard InChI is InChI=1S/C27H25ClN2O5/c1-2-3-8-20-29-25(28)19(13-31)30(20)12-14-9-10-17-18(11-14)22-16-7-5-4-6-15(16)21(17)23(26(32)33)24(22)27(34)35/h4-7,9-11,13,21-24H,2-3,8,12H2,1H3,(H,32,33)(H,34,35)/t21-,22+,23?,24?/m1/s1. The maximum Gasteiger partial charge on any atom is 0.308 e. The SMILES string of the molecule is CCCCc1nc(Cl)c(C=O)n1Cc1ccc2c(c1)[C@@H]1c3ccccc3[C@H]2C(C(=O)O)C1C(=O)O. The number of carboxylic acid groups (broad SMARTS) is 2. The van der Waals surface area contributed by atoms with E-state index in [1.54, 1.807) is 0 Å². The Labute approximate surface area is 207 Å². The first-order chi connectivity index (χ1) is 16.9. The molecule has 4 atom stereocenters. The van der Waals surface area contributed by atoms with Crippen LogP contribution in [0.5, 0.6) is 0 Å². The lowest BCUT2D eigenvalue weighted by molar-refractivity contribution is -0.156. The van der Waals surface area contributed by atoms with Gasteiger partial charge in [-0.1, -0.05) is 67.4 Å². The number of hydrogen-bond donors (Lipinski definition) is 2. The summed E-state index contributed by atoms with van der Waals surface area (Å²) in [7, 11) is 0. The van der Waals surface area contributed by atoms with E-state index in [0.29, 0.717) is 24.9 Å². The van der Waals surface area contributed by atoms with Crippen molar-refractivity contribution in [1.82, 2.24) is 9.55 Å². The van der Waals surface area contributed by atoms with Gasteiger partial charge < -0.3 is 14.8 Å². The van der Waals surface area contributed by atoms with Gasteiger partial charge in [-0.3, -0.25) is 14.4 Å². The number of carbonyl (C=O) groups is 3. The first kappa shape index (κ1) is 23.3. The number of rotatable bonds is 8. The van der Waals surface area contributed by atoms with Crippen molar-refractivity contribution < 1.29 is 24.6 Å². The number of carboxylic acids is 2. The van der Waals surface area contributed by atoms with Crippen LogP contribution >= 0.6 is 11.6 Å². The quantitative estimate of drug-likeness (QED) is 0.440. The highest BCUT2D eigenvalue weighted by Gasteiger charge is 2.55. The number of hydrogen-bond acceptors (Lipinski definition) is 4. The summed E-state index contributed by atoms with van der Waals surface area (Å²) in [5.74, 6) is -4.68. The van der Waals surface area contributed by atoms with Gasteiger partial charge in [0.15, 0.2) is 11.4 Å². The van der Waals surface area contributed by atoms with Crippen LogP contribution in [0.4, 0.5) is 0 Å². The highest BCUT2D eigenvalue weighted by atomic mass is 35.5. The minimum absolute atomic E-state index is 0.173. The molecule has 7 nitrogen and oxygen atoms in total. The van der Waals surface area contributed by atoms with E-state index in [4.69, 9.17) is 11.6 Å². The molecule has 35 heavy (non-hydrogen) atoms. The van der Waals surface area contributed by atoms with E-state index in [2.05, 4.69) is 11.9 Å². The van der Waals surface area contributed by atoms with Gasteiger partial charge in [0.05, 0.1) is 11.8 Å². The lowest BCUT2D eigenvalue weighted by Gasteiger charge is -2.47. The molecule has 6 rings (SSSR count). The van der Waals surface area contributed by atoms with Crippen LogP contribution in [0, 0.1) is 11.8 Å². The zero-order valence-corrected chi connectivity index (χ0v) is 19.9. The summed E-state index contributed by atoms with van der Waals surface area (Å²) >= 11 is 6.23. The molecule has 0 saturated heterocycles. The Balaban J connectivity index is 1.62. The second-order valence-corrected chi connectivity index (χ2v) is 9.65. The number of aliphatic carboxylic acids is 2. The molecule has 0 fully saturated rings. The summed E-state index contributed by atoms with van der Waals surface area (Å²) in [5.41, 5.74) is 4.64. The van der Waals surface area contributed by atoms with Crippen molar-refractivity contribution >= 4 is 29.8 Å². The molecule has 3 aromatic rings. The lowest BCUT2D eigenvalue weighted by atomic mass is 9.54. The van der Waals surface area contributed by atoms with Gasteiger partial charge >= 0.3 is 11.9 Å². The van der Waals surface area contributed by atoms with E-state index in [9.17, 15) is 24.6 Å². The summed E-state index contributed by atoms with van der Waals surface area (Å²) in [5, 5.41) is 20.3. The lowest BCUT2D eigenvalue weighted by Crippen LogP contribution is -2.47. The molecule has 8 heteroatoms. The van der Waals surface area contributed by atoms with Crippen LogP contribution in [-0.4, -0.2) is 38.0 Å². The highest BCUT2D eigenvalue weighted by molar-refractivity contribution is 6.31. The van der Waals surface area contributed by atoms with Gasteiger partial charge in [0.1, 0.15) is 11.5 Å². The van der Waals surface area contributed by atoms with E-state index in [1.165, 1.54) is 0 Å². The van der Waals surface area contributed by atoms with Crippen LogP contribution in [0.1, 0.15) is 75.7 Å². The van der Waals surface area contributed by atoms with Crippen LogP contribution < -0.4 is 0 Å². The van der Waals surface area contributed by atoms with E-state index < -0.39 is 35.6 Å². The first-order valence-corrected chi connectivity index (χ1v) is 12.1. The Morgan fingerprint density at radius 3 is 2.17 bits per heavy atom. The van der Waals surface area contributed by atoms with Gasteiger partial charge in [0.25, 0.3) is 0 Å². The molecule has 2 unspecified atom stereocenters. The molecule has 2 N–H and O–H groups in total. The zero-order chi connectivity index (χ0) is 24.9. The molecule has 0 saturated carbocycles. The Bertz CT molecular complexity index is 1350. The van der Waals surface area contributed by atoms with Crippen LogP contribution in [0.25, 0.3) is 0 Å². The topological polar surface area (TPSA) is 109 Å². The molecular weight excluding hydrogens is 468 g/mol. The number of aldehydes is 1. The summed E-state index contributed by atoms with van der Waals surface area (Å²) in [6.07, 6.45) is 3.28. The van der Waals surface area contributed by atoms with E-state index in [-0.39, 0.29) is 5.15 Å². The number of benzene rings is 2. The molecule has 3 aliphatic carbocycles. The molecule has 2 bridgehead atoms. The van der Waals surface area contributed by atoms with Crippen molar-refractivity contribution in [3.63, 3.8) is 0 Å². The minimum Gasteiger partial charge on any atom is -0.481 e. The predicted octanol–water partition coefficient (Wildman–Crippen LogP) is 4.73. The Hall–Kier alpha value is -3.45. The maximum atomic E-state index is 12.4.